The molecule has 0 aliphatic carbocycles. The van der Waals surface area contributed by atoms with Gasteiger partial charge < -0.3 is 20.1 Å². The Hall–Kier alpha value is -3.98. The molecule has 5 aromatic rings. The van der Waals surface area contributed by atoms with Crippen molar-refractivity contribution in [3.63, 3.8) is 0 Å². The van der Waals surface area contributed by atoms with Crippen LogP contribution in [0.5, 0.6) is 11.5 Å². The normalized spacial score (nSPS) is 11.5. The van der Waals surface area contributed by atoms with Crippen molar-refractivity contribution in [1.29, 1.82) is 0 Å². The zero-order valence-electron chi connectivity index (χ0n) is 24.5. The van der Waals surface area contributed by atoms with Gasteiger partial charge in [0, 0.05) is 29.3 Å². The lowest BCUT2D eigenvalue weighted by Gasteiger charge is -2.14. The lowest BCUT2D eigenvalue weighted by Crippen LogP contribution is -2.34. The van der Waals surface area contributed by atoms with E-state index in [4.69, 9.17) is 9.47 Å². The van der Waals surface area contributed by atoms with Gasteiger partial charge in [-0.05, 0) is 90.7 Å². The summed E-state index contributed by atoms with van der Waals surface area (Å²) in [5, 5.41) is 5.87. The number of methoxy groups -OCH3 is 1. The number of nitrogens with one attached hydrogen (secondary N) is 2. The van der Waals surface area contributed by atoms with E-state index >= 15 is 0 Å². The number of carbonyl (C=O) groups is 2. The van der Waals surface area contributed by atoms with Crippen LogP contribution in [-0.4, -0.2) is 61.8 Å². The Morgan fingerprint density at radius 1 is 0.778 bits per heavy atom. The minimum absolute atomic E-state index is 0.0495. The second-order valence-corrected chi connectivity index (χ2v) is 13.6. The lowest BCUT2D eigenvalue weighted by atomic mass is 10.2. The standard InChI is InChI=1S/C31H30N6O4S4/c1-20(32-26(38)18-42-30-34-28(36-44-30)21-8-12-24(40-2)13-9-21)16-17-41-25-14-10-22(11-15-25)29-35-31(45-37-29)43-19-27(39)33-23-6-4-3-5-7-23/h3-15,20H,16-19H2,1-2H3,(H,32,38)(H,33,39). The first kappa shape index (κ1) is 32.4. The van der Waals surface area contributed by atoms with Gasteiger partial charge in [-0.15, -0.1) is 0 Å². The summed E-state index contributed by atoms with van der Waals surface area (Å²) in [4.78, 5) is 33.8. The molecule has 2 N–H and O–H groups in total. The van der Waals surface area contributed by atoms with Gasteiger partial charge in [0.25, 0.3) is 0 Å². The number of benzene rings is 3. The molecule has 0 radical (unpaired) electrons. The fourth-order valence-electron chi connectivity index (χ4n) is 3.93. The number of nitrogens with zero attached hydrogens (tertiary/aromatic N) is 4. The van der Waals surface area contributed by atoms with Gasteiger partial charge in [-0.25, -0.2) is 9.97 Å². The van der Waals surface area contributed by atoms with Gasteiger partial charge in [0.05, 0.1) is 25.2 Å². The molecule has 1 unspecified atom stereocenters. The summed E-state index contributed by atoms with van der Waals surface area (Å²) in [6, 6.07) is 24.4. The van der Waals surface area contributed by atoms with Crippen LogP contribution in [0, 0.1) is 0 Å². The van der Waals surface area contributed by atoms with Gasteiger partial charge in [-0.1, -0.05) is 41.7 Å². The second-order valence-electron chi connectivity index (χ2n) is 9.62. The average Bonchev–Trinajstić information content (AvgIpc) is 3.74. The van der Waals surface area contributed by atoms with Gasteiger partial charge in [0.1, 0.15) is 11.5 Å². The number of aromatic nitrogens is 4. The van der Waals surface area contributed by atoms with Crippen LogP contribution < -0.4 is 20.1 Å². The van der Waals surface area contributed by atoms with Gasteiger partial charge in [-0.2, -0.15) is 8.75 Å². The summed E-state index contributed by atoms with van der Waals surface area (Å²) in [5.74, 6) is 3.09. The number of rotatable bonds is 15. The minimum atomic E-state index is -0.0924. The molecule has 0 aliphatic rings. The average molecular weight is 679 g/mol. The van der Waals surface area contributed by atoms with E-state index in [9.17, 15) is 9.59 Å². The summed E-state index contributed by atoms with van der Waals surface area (Å²) in [5.41, 5.74) is 2.53. The molecular weight excluding hydrogens is 649 g/mol. The molecule has 3 aromatic carbocycles. The van der Waals surface area contributed by atoms with Crippen LogP contribution in [0.2, 0.25) is 0 Å². The molecule has 14 heteroatoms. The van der Waals surface area contributed by atoms with Crippen LogP contribution in [0.3, 0.4) is 0 Å². The third kappa shape index (κ3) is 10.0. The molecule has 0 saturated carbocycles. The van der Waals surface area contributed by atoms with Crippen molar-refractivity contribution in [2.45, 2.75) is 28.1 Å². The first-order valence-corrected chi connectivity index (χ1v) is 17.4. The largest absolute Gasteiger partial charge is 0.497 e. The van der Waals surface area contributed by atoms with E-state index in [2.05, 4.69) is 29.3 Å². The highest BCUT2D eigenvalue weighted by Gasteiger charge is 2.13. The first-order valence-electron chi connectivity index (χ1n) is 13.9. The minimum Gasteiger partial charge on any atom is -0.497 e. The molecule has 2 aromatic heterocycles. The molecule has 5 rings (SSSR count). The summed E-state index contributed by atoms with van der Waals surface area (Å²) in [7, 11) is 1.63. The smallest absolute Gasteiger partial charge is 0.234 e. The third-order valence-corrected chi connectivity index (χ3v) is 9.88. The van der Waals surface area contributed by atoms with Crippen LogP contribution in [0.25, 0.3) is 22.8 Å². The summed E-state index contributed by atoms with van der Waals surface area (Å²) in [6.45, 7) is 2.41. The quantitative estimate of drug-likeness (QED) is 0.118. The maximum absolute atomic E-state index is 12.5. The number of para-hydroxylation sites is 1. The maximum Gasteiger partial charge on any atom is 0.234 e. The Labute approximate surface area is 277 Å². The van der Waals surface area contributed by atoms with Crippen LogP contribution in [0.4, 0.5) is 5.69 Å². The summed E-state index contributed by atoms with van der Waals surface area (Å²) in [6.07, 6.45) is 0.657. The molecule has 2 amide bonds. The molecule has 1 atom stereocenters. The lowest BCUT2D eigenvalue weighted by molar-refractivity contribution is -0.119. The van der Waals surface area contributed by atoms with Crippen molar-refractivity contribution < 1.29 is 19.1 Å². The van der Waals surface area contributed by atoms with Crippen molar-refractivity contribution >= 4 is 64.1 Å². The molecule has 0 bridgehead atoms. The number of hydrogen-bond acceptors (Lipinski definition) is 12. The molecule has 0 saturated heterocycles. The van der Waals surface area contributed by atoms with Crippen LogP contribution >= 0.6 is 46.6 Å². The molecule has 45 heavy (non-hydrogen) atoms. The van der Waals surface area contributed by atoms with E-state index in [1.807, 2.05) is 85.8 Å². The van der Waals surface area contributed by atoms with Crippen LogP contribution in [-0.2, 0) is 9.59 Å². The fourth-order valence-corrected chi connectivity index (χ4v) is 6.77. The Bertz CT molecular complexity index is 1680. The highest BCUT2D eigenvalue weighted by Crippen LogP contribution is 2.28. The highest BCUT2D eigenvalue weighted by atomic mass is 32.2. The summed E-state index contributed by atoms with van der Waals surface area (Å²) < 4.78 is 21.4. The molecule has 232 valence electrons. The van der Waals surface area contributed by atoms with Gasteiger partial charge >= 0.3 is 0 Å². The van der Waals surface area contributed by atoms with Gasteiger partial charge in [0.2, 0.25) is 11.8 Å². The van der Waals surface area contributed by atoms with Crippen LogP contribution in [0.1, 0.15) is 13.3 Å². The number of amides is 2. The van der Waals surface area contributed by atoms with E-state index in [-0.39, 0.29) is 29.4 Å². The number of carbonyl (C=O) groups excluding carboxylic acids is 2. The Morgan fingerprint density at radius 2 is 1.33 bits per heavy atom. The third-order valence-electron chi connectivity index (χ3n) is 6.21. The van der Waals surface area contributed by atoms with E-state index in [0.717, 1.165) is 37.0 Å². The first-order chi connectivity index (χ1) is 21.9. The maximum atomic E-state index is 12.5. The number of hydrogen-bond donors (Lipinski definition) is 2. The Balaban J connectivity index is 0.988. The molecular formula is C31H30N6O4S4. The zero-order valence-corrected chi connectivity index (χ0v) is 27.7. The molecule has 2 heterocycles. The monoisotopic (exact) mass is 678 g/mol. The SMILES string of the molecule is COc1ccc(-c2nsc(SCC(=O)NC(C)CCOc3ccc(-c4nsc(SCC(=O)Nc5ccccc5)n4)cc3)n2)cc1. The van der Waals surface area contributed by atoms with Gasteiger partial charge in [0.15, 0.2) is 20.3 Å². The summed E-state index contributed by atoms with van der Waals surface area (Å²) >= 11 is 5.27. The van der Waals surface area contributed by atoms with Crippen LogP contribution in [0.15, 0.2) is 87.5 Å². The van der Waals surface area contributed by atoms with Crippen molar-refractivity contribution in [3.05, 3.63) is 78.9 Å². The van der Waals surface area contributed by atoms with E-state index in [1.54, 1.807) is 7.11 Å². The molecule has 0 aliphatic heterocycles. The number of anilines is 1. The van der Waals surface area contributed by atoms with Crippen molar-refractivity contribution in [3.8, 4) is 34.3 Å². The number of ether oxygens (including phenoxy) is 2. The second kappa shape index (κ2) is 16.4. The van der Waals surface area contributed by atoms with E-state index in [1.165, 1.54) is 46.6 Å². The fraction of sp³-hybridized carbons (Fsp3) is 0.226. The van der Waals surface area contributed by atoms with Crippen molar-refractivity contribution in [2.75, 3.05) is 30.5 Å². The van der Waals surface area contributed by atoms with Gasteiger partial charge in [-0.3, -0.25) is 9.59 Å². The highest BCUT2D eigenvalue weighted by molar-refractivity contribution is 8.01. The predicted octanol–water partition coefficient (Wildman–Crippen LogP) is 6.53. The van der Waals surface area contributed by atoms with E-state index < -0.39 is 0 Å². The molecule has 0 spiro atoms. The predicted molar refractivity (Wildman–Crippen MR) is 181 cm³/mol. The Morgan fingerprint density at radius 3 is 1.91 bits per heavy atom. The van der Waals surface area contributed by atoms with Crippen molar-refractivity contribution in [1.82, 2.24) is 24.0 Å². The zero-order chi connectivity index (χ0) is 31.4. The topological polar surface area (TPSA) is 128 Å². The number of thioether (sulfide) groups is 2. The molecule has 0 fully saturated rings. The van der Waals surface area contributed by atoms with Crippen molar-refractivity contribution in [2.24, 2.45) is 0 Å². The molecule has 10 nitrogen and oxygen atoms in total. The van der Waals surface area contributed by atoms with E-state index in [0.29, 0.717) is 24.7 Å². The Kier molecular flexibility index (Phi) is 11.8.